The van der Waals surface area contributed by atoms with Crippen LogP contribution in [-0.4, -0.2) is 16.6 Å². The van der Waals surface area contributed by atoms with Gasteiger partial charge >= 0.3 is 0 Å². The number of anilines is 1. The molecular weight excluding hydrogens is 317 g/mol. The van der Waals surface area contributed by atoms with Crippen molar-refractivity contribution in [2.24, 2.45) is 0 Å². The topological polar surface area (TPSA) is 70.3 Å². The average molecular weight is 328 g/mol. The van der Waals surface area contributed by atoms with Gasteiger partial charge in [-0.1, -0.05) is 15.9 Å². The number of nitrogens with two attached hydrogens (primary N) is 1. The van der Waals surface area contributed by atoms with Crippen molar-refractivity contribution in [1.29, 1.82) is 0 Å². The first-order valence-corrected chi connectivity index (χ1v) is 6.27. The summed E-state index contributed by atoms with van der Waals surface area (Å²) in [7, 11) is 0. The lowest BCUT2D eigenvalue weighted by atomic mass is 10.3. The standard InChI is InChI=1S/C12H11BrFN3O2/c1-2-18-11-10(15)12(17-6-16-11)19-9-4-3-7(13)5-8(9)14/h3-6H,2,15H2,1H3. The molecule has 1 aromatic carbocycles. The minimum atomic E-state index is -0.523. The lowest BCUT2D eigenvalue weighted by Crippen LogP contribution is -2.03. The van der Waals surface area contributed by atoms with Crippen molar-refractivity contribution in [3.05, 3.63) is 34.8 Å². The third kappa shape index (κ3) is 3.11. The van der Waals surface area contributed by atoms with Crippen LogP contribution in [0.15, 0.2) is 29.0 Å². The molecule has 2 aromatic rings. The van der Waals surface area contributed by atoms with Crippen LogP contribution in [0.4, 0.5) is 10.1 Å². The van der Waals surface area contributed by atoms with Gasteiger partial charge in [0.1, 0.15) is 6.33 Å². The van der Waals surface area contributed by atoms with Crippen molar-refractivity contribution in [2.75, 3.05) is 12.3 Å². The van der Waals surface area contributed by atoms with E-state index in [9.17, 15) is 4.39 Å². The summed E-state index contributed by atoms with van der Waals surface area (Å²) in [6.45, 7) is 2.21. The molecule has 0 aliphatic heterocycles. The van der Waals surface area contributed by atoms with E-state index in [1.165, 1.54) is 18.5 Å². The van der Waals surface area contributed by atoms with Crippen LogP contribution in [0.2, 0.25) is 0 Å². The zero-order valence-corrected chi connectivity index (χ0v) is 11.6. The SMILES string of the molecule is CCOc1ncnc(Oc2ccc(Br)cc2F)c1N. The quantitative estimate of drug-likeness (QED) is 0.934. The van der Waals surface area contributed by atoms with Gasteiger partial charge in [0.2, 0.25) is 11.8 Å². The van der Waals surface area contributed by atoms with Gasteiger partial charge in [-0.15, -0.1) is 0 Å². The van der Waals surface area contributed by atoms with E-state index in [-0.39, 0.29) is 23.2 Å². The van der Waals surface area contributed by atoms with Crippen LogP contribution in [-0.2, 0) is 0 Å². The molecule has 19 heavy (non-hydrogen) atoms. The molecule has 0 aliphatic rings. The summed E-state index contributed by atoms with van der Waals surface area (Å²) in [6, 6.07) is 4.41. The molecule has 7 heteroatoms. The molecular formula is C12H11BrFN3O2. The van der Waals surface area contributed by atoms with Gasteiger partial charge in [-0.3, -0.25) is 0 Å². The van der Waals surface area contributed by atoms with Gasteiger partial charge < -0.3 is 15.2 Å². The summed E-state index contributed by atoms with van der Waals surface area (Å²) >= 11 is 3.16. The molecule has 1 aromatic heterocycles. The molecule has 2 rings (SSSR count). The molecule has 0 spiro atoms. The highest BCUT2D eigenvalue weighted by molar-refractivity contribution is 9.10. The van der Waals surface area contributed by atoms with Crippen LogP contribution < -0.4 is 15.2 Å². The summed E-state index contributed by atoms with van der Waals surface area (Å²) < 4.78 is 24.8. The Morgan fingerprint density at radius 1 is 1.32 bits per heavy atom. The molecule has 0 radical (unpaired) electrons. The summed E-state index contributed by atoms with van der Waals surface area (Å²) in [5.74, 6) is -0.230. The van der Waals surface area contributed by atoms with E-state index in [4.69, 9.17) is 15.2 Å². The molecule has 2 N–H and O–H groups in total. The molecule has 0 aliphatic carbocycles. The van der Waals surface area contributed by atoms with Crippen LogP contribution in [0.1, 0.15) is 6.92 Å². The third-order valence-electron chi connectivity index (χ3n) is 2.19. The molecule has 0 bridgehead atoms. The molecule has 0 fully saturated rings. The largest absolute Gasteiger partial charge is 0.476 e. The van der Waals surface area contributed by atoms with Crippen LogP contribution in [0.3, 0.4) is 0 Å². The van der Waals surface area contributed by atoms with Gasteiger partial charge in [0, 0.05) is 4.47 Å². The molecule has 0 saturated heterocycles. The normalized spacial score (nSPS) is 10.3. The van der Waals surface area contributed by atoms with Gasteiger partial charge in [0.05, 0.1) is 6.61 Å². The molecule has 5 nitrogen and oxygen atoms in total. The smallest absolute Gasteiger partial charge is 0.249 e. The van der Waals surface area contributed by atoms with Crippen molar-refractivity contribution in [1.82, 2.24) is 9.97 Å². The van der Waals surface area contributed by atoms with Gasteiger partial charge in [-0.05, 0) is 25.1 Å². The lowest BCUT2D eigenvalue weighted by molar-refractivity contribution is 0.325. The molecule has 0 saturated carbocycles. The molecule has 0 amide bonds. The maximum atomic E-state index is 13.6. The predicted octanol–water partition coefficient (Wildman–Crippen LogP) is 3.15. The number of hydrogen-bond donors (Lipinski definition) is 1. The van der Waals surface area contributed by atoms with Crippen molar-refractivity contribution < 1.29 is 13.9 Å². The minimum Gasteiger partial charge on any atom is -0.476 e. The summed E-state index contributed by atoms with van der Waals surface area (Å²) in [4.78, 5) is 7.73. The molecule has 100 valence electrons. The van der Waals surface area contributed by atoms with E-state index >= 15 is 0 Å². The number of benzene rings is 1. The van der Waals surface area contributed by atoms with Crippen molar-refractivity contribution >= 4 is 21.6 Å². The number of nitrogens with zero attached hydrogens (tertiary/aromatic N) is 2. The van der Waals surface area contributed by atoms with E-state index < -0.39 is 5.82 Å². The Morgan fingerprint density at radius 2 is 2.05 bits per heavy atom. The fourth-order valence-corrected chi connectivity index (χ4v) is 1.69. The van der Waals surface area contributed by atoms with Crippen molar-refractivity contribution in [3.8, 4) is 17.5 Å². The molecule has 0 unspecified atom stereocenters. The van der Waals surface area contributed by atoms with Gasteiger partial charge in [0.15, 0.2) is 17.3 Å². The first-order valence-electron chi connectivity index (χ1n) is 5.48. The summed E-state index contributed by atoms with van der Waals surface area (Å²) in [5.41, 5.74) is 5.92. The Labute approximate surface area is 117 Å². The van der Waals surface area contributed by atoms with Crippen molar-refractivity contribution in [3.63, 3.8) is 0 Å². The zero-order valence-electron chi connectivity index (χ0n) is 10.1. The van der Waals surface area contributed by atoms with E-state index in [0.29, 0.717) is 11.1 Å². The minimum absolute atomic E-state index is 0.0241. The predicted molar refractivity (Wildman–Crippen MR) is 71.8 cm³/mol. The maximum absolute atomic E-state index is 13.6. The van der Waals surface area contributed by atoms with Crippen LogP contribution in [0.5, 0.6) is 17.5 Å². The Hall–Kier alpha value is -1.89. The fourth-order valence-electron chi connectivity index (χ4n) is 1.36. The monoisotopic (exact) mass is 327 g/mol. The number of nitrogen functional groups attached to an aromatic ring is 1. The number of aromatic nitrogens is 2. The van der Waals surface area contributed by atoms with E-state index in [1.54, 1.807) is 13.0 Å². The average Bonchev–Trinajstić information content (AvgIpc) is 2.37. The number of hydrogen-bond acceptors (Lipinski definition) is 5. The second-order valence-electron chi connectivity index (χ2n) is 3.51. The Morgan fingerprint density at radius 3 is 2.74 bits per heavy atom. The zero-order chi connectivity index (χ0) is 13.8. The lowest BCUT2D eigenvalue weighted by Gasteiger charge is -2.10. The number of rotatable bonds is 4. The molecule has 1 heterocycles. The Balaban J connectivity index is 2.30. The van der Waals surface area contributed by atoms with Gasteiger partial charge in [-0.25, -0.2) is 4.39 Å². The number of halogens is 2. The highest BCUT2D eigenvalue weighted by atomic mass is 79.9. The molecule has 0 atom stereocenters. The second kappa shape index (κ2) is 5.83. The van der Waals surface area contributed by atoms with Crippen molar-refractivity contribution in [2.45, 2.75) is 6.92 Å². The first kappa shape index (κ1) is 13.5. The van der Waals surface area contributed by atoms with Crippen LogP contribution >= 0.6 is 15.9 Å². The Bertz CT molecular complexity index is 595. The fraction of sp³-hybridized carbons (Fsp3) is 0.167. The summed E-state index contributed by atoms with van der Waals surface area (Å²) in [5, 5.41) is 0. The van der Waals surface area contributed by atoms with Gasteiger partial charge in [-0.2, -0.15) is 9.97 Å². The van der Waals surface area contributed by atoms with E-state index in [1.807, 2.05) is 0 Å². The maximum Gasteiger partial charge on any atom is 0.249 e. The Kier molecular flexibility index (Phi) is 4.16. The third-order valence-corrected chi connectivity index (χ3v) is 2.69. The van der Waals surface area contributed by atoms with E-state index in [2.05, 4.69) is 25.9 Å². The van der Waals surface area contributed by atoms with Gasteiger partial charge in [0.25, 0.3) is 0 Å². The highest BCUT2D eigenvalue weighted by Gasteiger charge is 2.13. The second-order valence-corrected chi connectivity index (χ2v) is 4.42. The van der Waals surface area contributed by atoms with Crippen LogP contribution in [0, 0.1) is 5.82 Å². The first-order chi connectivity index (χ1) is 9.11. The highest BCUT2D eigenvalue weighted by Crippen LogP contribution is 2.32. The summed E-state index contributed by atoms with van der Waals surface area (Å²) in [6.07, 6.45) is 1.24. The van der Waals surface area contributed by atoms with Crippen LogP contribution in [0.25, 0.3) is 0 Å². The number of ether oxygens (including phenoxy) is 2. The van der Waals surface area contributed by atoms with E-state index in [0.717, 1.165) is 0 Å².